The van der Waals surface area contributed by atoms with Gasteiger partial charge in [0, 0.05) is 6.20 Å². The van der Waals surface area contributed by atoms with Gasteiger partial charge in [0.15, 0.2) is 0 Å². The maximum absolute atomic E-state index is 6.11. The highest BCUT2D eigenvalue weighted by Crippen LogP contribution is 2.13. The fourth-order valence-electron chi connectivity index (χ4n) is 1.65. The van der Waals surface area contributed by atoms with Crippen molar-refractivity contribution in [3.8, 4) is 0 Å². The summed E-state index contributed by atoms with van der Waals surface area (Å²) in [4.78, 5) is 8.40. The van der Waals surface area contributed by atoms with E-state index in [0.717, 1.165) is 17.9 Å². The fraction of sp³-hybridized carbons (Fsp3) is 0.231. The molecular formula is C13H15N3. The summed E-state index contributed by atoms with van der Waals surface area (Å²) >= 11 is 0. The highest BCUT2D eigenvalue weighted by Gasteiger charge is 2.08. The van der Waals surface area contributed by atoms with Crippen molar-refractivity contribution in [1.82, 2.24) is 9.97 Å². The zero-order valence-electron chi connectivity index (χ0n) is 9.30. The van der Waals surface area contributed by atoms with Gasteiger partial charge in [0.2, 0.25) is 0 Å². The number of aromatic nitrogens is 2. The molecule has 0 fully saturated rings. The van der Waals surface area contributed by atoms with Crippen molar-refractivity contribution in [3.63, 3.8) is 0 Å². The van der Waals surface area contributed by atoms with Gasteiger partial charge in [-0.05, 0) is 25.0 Å². The van der Waals surface area contributed by atoms with Crippen molar-refractivity contribution in [2.45, 2.75) is 19.4 Å². The molecule has 1 atom stereocenters. The Labute approximate surface area is 95.4 Å². The van der Waals surface area contributed by atoms with Gasteiger partial charge in [-0.25, -0.2) is 9.97 Å². The van der Waals surface area contributed by atoms with E-state index in [1.807, 2.05) is 31.2 Å². The Morgan fingerprint density at radius 3 is 2.62 bits per heavy atom. The van der Waals surface area contributed by atoms with Crippen LogP contribution in [-0.2, 0) is 6.42 Å². The predicted molar refractivity (Wildman–Crippen MR) is 63.8 cm³/mol. The van der Waals surface area contributed by atoms with Gasteiger partial charge in [0.1, 0.15) is 5.82 Å². The molecule has 0 aliphatic heterocycles. The summed E-state index contributed by atoms with van der Waals surface area (Å²) in [7, 11) is 0. The molecule has 1 aromatic heterocycles. The van der Waals surface area contributed by atoms with Crippen molar-refractivity contribution in [2.24, 2.45) is 5.73 Å². The van der Waals surface area contributed by atoms with Crippen LogP contribution in [0.3, 0.4) is 0 Å². The average Bonchev–Trinajstić information content (AvgIpc) is 2.30. The molecular weight excluding hydrogens is 198 g/mol. The van der Waals surface area contributed by atoms with Crippen LogP contribution in [0, 0.1) is 6.92 Å². The minimum atomic E-state index is -0.0656. The molecule has 1 aromatic carbocycles. The average molecular weight is 213 g/mol. The number of rotatable bonds is 3. The summed E-state index contributed by atoms with van der Waals surface area (Å²) < 4.78 is 0. The number of hydrogen-bond acceptors (Lipinski definition) is 3. The SMILES string of the molecule is Cc1nccc(C(N)Cc2ccccc2)n1. The standard InChI is InChI=1S/C13H15N3/c1-10-15-8-7-13(16-10)12(14)9-11-5-3-2-4-6-11/h2-8,12H,9,14H2,1H3. The minimum Gasteiger partial charge on any atom is -0.322 e. The molecule has 2 aromatic rings. The van der Waals surface area contributed by atoms with Gasteiger partial charge < -0.3 is 5.73 Å². The van der Waals surface area contributed by atoms with Gasteiger partial charge in [0.25, 0.3) is 0 Å². The maximum atomic E-state index is 6.11. The first-order valence-electron chi connectivity index (χ1n) is 5.35. The van der Waals surface area contributed by atoms with Crippen molar-refractivity contribution < 1.29 is 0 Å². The van der Waals surface area contributed by atoms with E-state index in [0.29, 0.717) is 0 Å². The van der Waals surface area contributed by atoms with Gasteiger partial charge in [-0.15, -0.1) is 0 Å². The lowest BCUT2D eigenvalue weighted by Crippen LogP contribution is -2.15. The van der Waals surface area contributed by atoms with Gasteiger partial charge in [0.05, 0.1) is 11.7 Å². The van der Waals surface area contributed by atoms with Crippen LogP contribution in [0.4, 0.5) is 0 Å². The molecule has 0 saturated carbocycles. The normalized spacial score (nSPS) is 12.4. The van der Waals surface area contributed by atoms with E-state index in [-0.39, 0.29) is 6.04 Å². The summed E-state index contributed by atoms with van der Waals surface area (Å²) in [6, 6.07) is 12.0. The Bertz CT molecular complexity index is 454. The molecule has 1 heterocycles. The molecule has 2 N–H and O–H groups in total. The molecule has 3 heteroatoms. The molecule has 16 heavy (non-hydrogen) atoms. The van der Waals surface area contributed by atoms with Crippen LogP contribution in [-0.4, -0.2) is 9.97 Å². The van der Waals surface area contributed by atoms with Crippen molar-refractivity contribution >= 4 is 0 Å². The first-order valence-corrected chi connectivity index (χ1v) is 5.35. The Hall–Kier alpha value is -1.74. The van der Waals surface area contributed by atoms with Crippen LogP contribution < -0.4 is 5.73 Å². The third-order valence-electron chi connectivity index (χ3n) is 2.48. The number of aryl methyl sites for hydroxylation is 1. The van der Waals surface area contributed by atoms with E-state index in [9.17, 15) is 0 Å². The first-order chi connectivity index (χ1) is 7.75. The van der Waals surface area contributed by atoms with Crippen LogP contribution in [0.5, 0.6) is 0 Å². The quantitative estimate of drug-likeness (QED) is 0.848. The molecule has 0 spiro atoms. The summed E-state index contributed by atoms with van der Waals surface area (Å²) in [5, 5.41) is 0. The molecule has 0 bridgehead atoms. The molecule has 2 rings (SSSR count). The zero-order valence-corrected chi connectivity index (χ0v) is 9.30. The molecule has 0 radical (unpaired) electrons. The van der Waals surface area contributed by atoms with E-state index in [2.05, 4.69) is 22.1 Å². The highest BCUT2D eigenvalue weighted by molar-refractivity contribution is 5.18. The van der Waals surface area contributed by atoms with Gasteiger partial charge in [-0.1, -0.05) is 30.3 Å². The fourth-order valence-corrected chi connectivity index (χ4v) is 1.65. The second-order valence-electron chi connectivity index (χ2n) is 3.82. The van der Waals surface area contributed by atoms with Crippen LogP contribution >= 0.6 is 0 Å². The number of nitrogens with zero attached hydrogens (tertiary/aromatic N) is 2. The Morgan fingerprint density at radius 2 is 1.94 bits per heavy atom. The molecule has 82 valence electrons. The third kappa shape index (κ3) is 2.64. The van der Waals surface area contributed by atoms with Gasteiger partial charge >= 0.3 is 0 Å². The van der Waals surface area contributed by atoms with Crippen LogP contribution in [0.15, 0.2) is 42.6 Å². The lowest BCUT2D eigenvalue weighted by atomic mass is 10.0. The van der Waals surface area contributed by atoms with E-state index >= 15 is 0 Å². The van der Waals surface area contributed by atoms with Crippen LogP contribution in [0.2, 0.25) is 0 Å². The summed E-state index contributed by atoms with van der Waals surface area (Å²) in [6.45, 7) is 1.87. The Kier molecular flexibility index (Phi) is 3.27. The summed E-state index contributed by atoms with van der Waals surface area (Å²) in [5.41, 5.74) is 8.23. The van der Waals surface area contributed by atoms with E-state index in [1.165, 1.54) is 5.56 Å². The van der Waals surface area contributed by atoms with Crippen LogP contribution in [0.1, 0.15) is 23.1 Å². The number of hydrogen-bond donors (Lipinski definition) is 1. The second kappa shape index (κ2) is 4.86. The lowest BCUT2D eigenvalue weighted by molar-refractivity contribution is 0.688. The smallest absolute Gasteiger partial charge is 0.125 e. The molecule has 0 amide bonds. The van der Waals surface area contributed by atoms with E-state index < -0.39 is 0 Å². The highest BCUT2D eigenvalue weighted by atomic mass is 14.9. The Balaban J connectivity index is 2.12. The van der Waals surface area contributed by atoms with Crippen LogP contribution in [0.25, 0.3) is 0 Å². The molecule has 1 unspecified atom stereocenters. The van der Waals surface area contributed by atoms with Gasteiger partial charge in [-0.3, -0.25) is 0 Å². The Morgan fingerprint density at radius 1 is 1.19 bits per heavy atom. The van der Waals surface area contributed by atoms with E-state index in [4.69, 9.17) is 5.73 Å². The molecule has 0 saturated heterocycles. The largest absolute Gasteiger partial charge is 0.322 e. The zero-order chi connectivity index (χ0) is 11.4. The topological polar surface area (TPSA) is 51.8 Å². The van der Waals surface area contributed by atoms with Crippen molar-refractivity contribution in [3.05, 3.63) is 59.7 Å². The van der Waals surface area contributed by atoms with Crippen molar-refractivity contribution in [2.75, 3.05) is 0 Å². The molecule has 0 aliphatic carbocycles. The number of nitrogens with two attached hydrogens (primary N) is 1. The van der Waals surface area contributed by atoms with E-state index in [1.54, 1.807) is 6.20 Å². The second-order valence-corrected chi connectivity index (χ2v) is 3.82. The first kappa shape index (κ1) is 10.8. The predicted octanol–water partition coefficient (Wildman–Crippen LogP) is 2.03. The summed E-state index contributed by atoms with van der Waals surface area (Å²) in [6.07, 6.45) is 2.56. The molecule has 0 aliphatic rings. The van der Waals surface area contributed by atoms with Crippen molar-refractivity contribution in [1.29, 1.82) is 0 Å². The maximum Gasteiger partial charge on any atom is 0.125 e. The monoisotopic (exact) mass is 213 g/mol. The number of benzene rings is 1. The molecule has 3 nitrogen and oxygen atoms in total. The third-order valence-corrected chi connectivity index (χ3v) is 2.48. The lowest BCUT2D eigenvalue weighted by Gasteiger charge is -2.11. The van der Waals surface area contributed by atoms with Gasteiger partial charge in [-0.2, -0.15) is 0 Å². The minimum absolute atomic E-state index is 0.0656. The summed E-state index contributed by atoms with van der Waals surface area (Å²) in [5.74, 6) is 0.765.